The number of rotatable bonds is 2. The van der Waals surface area contributed by atoms with Gasteiger partial charge in [0.05, 0.1) is 0 Å². The van der Waals surface area contributed by atoms with Crippen LogP contribution in [0.25, 0.3) is 22.4 Å². The number of benzene rings is 2. The Labute approximate surface area is 163 Å². The molecule has 0 N–H and O–H groups in total. The van der Waals surface area contributed by atoms with E-state index >= 15 is 0 Å². The summed E-state index contributed by atoms with van der Waals surface area (Å²) in [7, 11) is 0. The van der Waals surface area contributed by atoms with Gasteiger partial charge in [-0.2, -0.15) is 11.8 Å². The van der Waals surface area contributed by atoms with Crippen molar-refractivity contribution in [2.75, 3.05) is 0 Å². The minimum atomic E-state index is 0. The largest absolute Gasteiger partial charge is 0.322 e. The minimum Gasteiger partial charge on any atom is -0.322 e. The number of nitrogens with zero attached hydrogens (tertiary/aromatic N) is 2. The predicted molar refractivity (Wildman–Crippen MR) is 89.5 cm³/mol. The zero-order chi connectivity index (χ0) is 15.7. The number of aromatic nitrogens is 2. The molecule has 3 heteroatoms. The molecular formula is C20H18N2Y-2. The molecule has 0 unspecified atom stereocenters. The standard InChI is InChI=1S/C20H18N2.Y/c1-13-8-14(2)10-19(9-13)17-6-5-7-18(12-17)20-11-15(3)21-16(4)22-20;/h5-6,8-10,12H,1-4H3;/q-2;. The molecule has 0 aliphatic carbocycles. The quantitative estimate of drug-likeness (QED) is 0.610. The van der Waals surface area contributed by atoms with Gasteiger partial charge >= 0.3 is 0 Å². The fourth-order valence-electron chi connectivity index (χ4n) is 2.71. The predicted octanol–water partition coefficient (Wildman–Crippen LogP) is 4.64. The van der Waals surface area contributed by atoms with Gasteiger partial charge in [0.15, 0.2) is 0 Å². The van der Waals surface area contributed by atoms with Gasteiger partial charge in [-0.25, -0.2) is 12.1 Å². The first-order valence-corrected chi connectivity index (χ1v) is 7.36. The maximum Gasteiger partial charge on any atom is 0.111 e. The van der Waals surface area contributed by atoms with Gasteiger partial charge in [0, 0.05) is 32.7 Å². The second-order valence-corrected chi connectivity index (χ2v) is 5.70. The Morgan fingerprint density at radius 1 is 0.826 bits per heavy atom. The molecule has 0 amide bonds. The third kappa shape index (κ3) is 4.33. The molecule has 3 aromatic rings. The molecule has 0 saturated carbocycles. The monoisotopic (exact) mass is 375 g/mol. The maximum absolute atomic E-state index is 4.48. The zero-order valence-corrected chi connectivity index (χ0v) is 16.8. The van der Waals surface area contributed by atoms with E-state index in [9.17, 15) is 0 Å². The Hall–Kier alpha value is -1.38. The summed E-state index contributed by atoms with van der Waals surface area (Å²) in [5, 5.41) is 0. The van der Waals surface area contributed by atoms with Crippen LogP contribution in [0.5, 0.6) is 0 Å². The summed E-state index contributed by atoms with van der Waals surface area (Å²) in [4.78, 5) is 8.76. The first-order valence-electron chi connectivity index (χ1n) is 7.36. The van der Waals surface area contributed by atoms with Crippen LogP contribution in [0.1, 0.15) is 22.6 Å². The van der Waals surface area contributed by atoms with Crippen molar-refractivity contribution in [1.29, 1.82) is 0 Å². The molecule has 0 bridgehead atoms. The first-order chi connectivity index (χ1) is 10.5. The van der Waals surface area contributed by atoms with Crippen LogP contribution in [-0.4, -0.2) is 9.97 Å². The van der Waals surface area contributed by atoms with Gasteiger partial charge in [-0.3, -0.25) is 16.6 Å². The summed E-state index contributed by atoms with van der Waals surface area (Å²) in [5.74, 6) is 0.761. The van der Waals surface area contributed by atoms with E-state index in [2.05, 4.69) is 66.3 Å². The Bertz CT molecular complexity index is 734. The van der Waals surface area contributed by atoms with Crippen molar-refractivity contribution < 1.29 is 32.7 Å². The molecule has 3 rings (SSSR count). The van der Waals surface area contributed by atoms with Crippen molar-refractivity contribution in [1.82, 2.24) is 9.97 Å². The topological polar surface area (TPSA) is 25.8 Å². The second kappa shape index (κ2) is 7.46. The van der Waals surface area contributed by atoms with Gasteiger partial charge in [-0.05, 0) is 33.3 Å². The molecule has 1 heterocycles. The van der Waals surface area contributed by atoms with Gasteiger partial charge in [0.1, 0.15) is 5.82 Å². The van der Waals surface area contributed by atoms with E-state index in [1.54, 1.807) is 0 Å². The van der Waals surface area contributed by atoms with Gasteiger partial charge in [-0.1, -0.05) is 35.0 Å². The molecule has 0 atom stereocenters. The molecule has 0 spiro atoms. The van der Waals surface area contributed by atoms with E-state index in [-0.39, 0.29) is 32.7 Å². The van der Waals surface area contributed by atoms with E-state index in [0.29, 0.717) is 0 Å². The summed E-state index contributed by atoms with van der Waals surface area (Å²) < 4.78 is 0. The molecule has 1 aromatic heterocycles. The number of hydrogen-bond acceptors (Lipinski definition) is 2. The maximum atomic E-state index is 4.48. The molecule has 0 saturated heterocycles. The van der Waals surface area contributed by atoms with Gasteiger partial charge < -0.3 is 4.98 Å². The first kappa shape index (κ1) is 18.0. The van der Waals surface area contributed by atoms with E-state index in [4.69, 9.17) is 0 Å². The summed E-state index contributed by atoms with van der Waals surface area (Å²) in [5.41, 5.74) is 7.53. The number of hydrogen-bond donors (Lipinski definition) is 0. The fourth-order valence-corrected chi connectivity index (χ4v) is 2.71. The van der Waals surface area contributed by atoms with E-state index in [1.807, 2.05) is 19.9 Å². The van der Waals surface area contributed by atoms with Crippen LogP contribution in [0.15, 0.2) is 36.4 Å². The van der Waals surface area contributed by atoms with Crippen LogP contribution in [0.2, 0.25) is 0 Å². The van der Waals surface area contributed by atoms with Crippen molar-refractivity contribution in [3.05, 3.63) is 71.2 Å². The van der Waals surface area contributed by atoms with Crippen molar-refractivity contribution in [3.63, 3.8) is 0 Å². The zero-order valence-electron chi connectivity index (χ0n) is 13.9. The van der Waals surface area contributed by atoms with Gasteiger partial charge in [-0.15, -0.1) is 11.6 Å². The molecule has 2 nitrogen and oxygen atoms in total. The normalized spacial score (nSPS) is 10.3. The molecule has 113 valence electrons. The molecule has 0 aliphatic rings. The summed E-state index contributed by atoms with van der Waals surface area (Å²) >= 11 is 0. The second-order valence-electron chi connectivity index (χ2n) is 5.70. The third-order valence-electron chi connectivity index (χ3n) is 3.51. The van der Waals surface area contributed by atoms with E-state index in [0.717, 1.165) is 22.8 Å². The summed E-state index contributed by atoms with van der Waals surface area (Å²) in [6, 6.07) is 19.2. The van der Waals surface area contributed by atoms with Crippen LogP contribution < -0.4 is 0 Å². The average molecular weight is 375 g/mol. The third-order valence-corrected chi connectivity index (χ3v) is 3.51. The Morgan fingerprint density at radius 2 is 1.52 bits per heavy atom. The molecular weight excluding hydrogens is 357 g/mol. The summed E-state index contributed by atoms with van der Waals surface area (Å²) in [6.07, 6.45) is 0. The SMILES string of the molecule is Cc1cc(C)cc(-c2cc[c-]c(-c3[c-]c(C)nc(C)n3)c2)c1.[Y]. The van der Waals surface area contributed by atoms with Crippen LogP contribution in [0.4, 0.5) is 0 Å². The van der Waals surface area contributed by atoms with Crippen LogP contribution in [0, 0.1) is 39.8 Å². The Kier molecular flexibility index (Phi) is 5.83. The van der Waals surface area contributed by atoms with Crippen LogP contribution in [-0.2, 0) is 32.7 Å². The minimum absolute atomic E-state index is 0. The average Bonchev–Trinajstić information content (AvgIpc) is 2.45. The van der Waals surface area contributed by atoms with Crippen molar-refractivity contribution in [3.8, 4) is 22.4 Å². The van der Waals surface area contributed by atoms with Crippen molar-refractivity contribution in [2.45, 2.75) is 27.7 Å². The van der Waals surface area contributed by atoms with E-state index < -0.39 is 0 Å². The van der Waals surface area contributed by atoms with Crippen LogP contribution in [0.3, 0.4) is 0 Å². The molecule has 0 aliphatic heterocycles. The molecule has 1 radical (unpaired) electrons. The molecule has 23 heavy (non-hydrogen) atoms. The summed E-state index contributed by atoms with van der Waals surface area (Å²) in [6.45, 7) is 8.08. The smallest absolute Gasteiger partial charge is 0.111 e. The molecule has 2 aromatic carbocycles. The van der Waals surface area contributed by atoms with Gasteiger partial charge in [0.2, 0.25) is 0 Å². The van der Waals surface area contributed by atoms with Crippen LogP contribution >= 0.6 is 0 Å². The van der Waals surface area contributed by atoms with Gasteiger partial charge in [0.25, 0.3) is 0 Å². The molecule has 0 fully saturated rings. The fraction of sp³-hybridized carbons (Fsp3) is 0.200. The number of aryl methyl sites for hydroxylation is 4. The Morgan fingerprint density at radius 3 is 2.17 bits per heavy atom. The van der Waals surface area contributed by atoms with Crippen molar-refractivity contribution >= 4 is 0 Å². The van der Waals surface area contributed by atoms with E-state index in [1.165, 1.54) is 22.3 Å². The Balaban J connectivity index is 0.00000192. The van der Waals surface area contributed by atoms with Crippen molar-refractivity contribution in [2.24, 2.45) is 0 Å².